The van der Waals surface area contributed by atoms with Gasteiger partial charge in [-0.1, -0.05) is 0 Å². The first kappa shape index (κ1) is 10.6. The van der Waals surface area contributed by atoms with E-state index in [0.717, 1.165) is 0 Å². The average Bonchev–Trinajstić information content (AvgIpc) is 2.45. The molecule has 74 valence electrons. The Kier molecular flexibility index (Phi) is 3.38. The third-order valence-corrected chi connectivity index (χ3v) is 2.33. The molecule has 0 aliphatic carbocycles. The summed E-state index contributed by atoms with van der Waals surface area (Å²) < 4.78 is 26.6. The summed E-state index contributed by atoms with van der Waals surface area (Å²) in [6, 6.07) is -1.28. The summed E-state index contributed by atoms with van der Waals surface area (Å²) >= 11 is 3.13. The number of hydrogen-bond donors (Lipinski definition) is 1. The minimum absolute atomic E-state index is 0.345. The standard InChI is InChI=1S/C7H10BrF2N3/c1-2-13-6(4(8)3-12-13)5(11)7(9)10/h3,5,7H,2,11H2,1H3. The van der Waals surface area contributed by atoms with Crippen LogP contribution in [0.4, 0.5) is 8.78 Å². The van der Waals surface area contributed by atoms with E-state index in [1.54, 1.807) is 0 Å². The van der Waals surface area contributed by atoms with Gasteiger partial charge in [-0.2, -0.15) is 5.10 Å². The summed E-state index contributed by atoms with van der Waals surface area (Å²) in [7, 11) is 0. The SMILES string of the molecule is CCn1ncc(Br)c1C(N)C(F)F. The normalized spacial score (nSPS) is 13.7. The topological polar surface area (TPSA) is 43.8 Å². The Hall–Kier alpha value is -0.490. The van der Waals surface area contributed by atoms with Crippen molar-refractivity contribution in [1.82, 2.24) is 9.78 Å². The first-order chi connectivity index (χ1) is 6.07. The molecule has 0 bridgehead atoms. The highest BCUT2D eigenvalue weighted by atomic mass is 79.9. The minimum atomic E-state index is -2.57. The number of halogens is 3. The number of hydrogen-bond acceptors (Lipinski definition) is 2. The van der Waals surface area contributed by atoms with E-state index in [2.05, 4.69) is 21.0 Å². The smallest absolute Gasteiger partial charge is 0.259 e. The molecule has 0 saturated carbocycles. The van der Waals surface area contributed by atoms with Gasteiger partial charge in [0.05, 0.1) is 16.4 Å². The molecule has 1 aromatic rings. The molecular weight excluding hydrogens is 244 g/mol. The molecular formula is C7H10BrF2N3. The molecule has 1 rings (SSSR count). The maximum Gasteiger partial charge on any atom is 0.259 e. The number of rotatable bonds is 3. The van der Waals surface area contributed by atoms with Gasteiger partial charge < -0.3 is 5.73 Å². The van der Waals surface area contributed by atoms with Gasteiger partial charge in [0.2, 0.25) is 0 Å². The van der Waals surface area contributed by atoms with E-state index in [-0.39, 0.29) is 0 Å². The number of aromatic nitrogens is 2. The lowest BCUT2D eigenvalue weighted by atomic mass is 10.2. The maximum absolute atomic E-state index is 12.3. The van der Waals surface area contributed by atoms with Crippen molar-refractivity contribution in [3.8, 4) is 0 Å². The maximum atomic E-state index is 12.3. The van der Waals surface area contributed by atoms with Gasteiger partial charge >= 0.3 is 0 Å². The van der Waals surface area contributed by atoms with Gasteiger partial charge in [0.25, 0.3) is 6.43 Å². The zero-order chi connectivity index (χ0) is 10.0. The number of nitrogens with zero attached hydrogens (tertiary/aromatic N) is 2. The Labute approximate surface area is 83.0 Å². The van der Waals surface area contributed by atoms with E-state index in [1.165, 1.54) is 10.9 Å². The highest BCUT2D eigenvalue weighted by Crippen LogP contribution is 2.25. The lowest BCUT2D eigenvalue weighted by Gasteiger charge is -2.12. The van der Waals surface area contributed by atoms with Gasteiger partial charge in [-0.3, -0.25) is 4.68 Å². The number of nitrogens with two attached hydrogens (primary N) is 1. The molecule has 1 aromatic heterocycles. The Morgan fingerprint density at radius 1 is 1.69 bits per heavy atom. The molecule has 0 saturated heterocycles. The lowest BCUT2D eigenvalue weighted by molar-refractivity contribution is 0.112. The Balaban J connectivity index is 3.03. The summed E-state index contributed by atoms with van der Waals surface area (Å²) in [6.45, 7) is 2.35. The second-order valence-corrected chi connectivity index (χ2v) is 3.41. The molecule has 0 fully saturated rings. The van der Waals surface area contributed by atoms with Gasteiger partial charge in [0.15, 0.2) is 0 Å². The molecule has 0 aliphatic heterocycles. The van der Waals surface area contributed by atoms with Gasteiger partial charge in [0, 0.05) is 6.54 Å². The molecule has 6 heteroatoms. The highest BCUT2D eigenvalue weighted by molar-refractivity contribution is 9.10. The van der Waals surface area contributed by atoms with Crippen LogP contribution in [0, 0.1) is 0 Å². The van der Waals surface area contributed by atoms with Crippen molar-refractivity contribution in [2.75, 3.05) is 0 Å². The average molecular weight is 254 g/mol. The Morgan fingerprint density at radius 2 is 2.31 bits per heavy atom. The van der Waals surface area contributed by atoms with Crippen LogP contribution < -0.4 is 5.73 Å². The summed E-state index contributed by atoms with van der Waals surface area (Å²) in [5.41, 5.74) is 5.66. The molecule has 0 amide bonds. The third-order valence-electron chi connectivity index (χ3n) is 1.72. The summed E-state index contributed by atoms with van der Waals surface area (Å²) in [4.78, 5) is 0. The largest absolute Gasteiger partial charge is 0.318 e. The molecule has 0 aliphatic rings. The van der Waals surface area contributed by atoms with Crippen LogP contribution in [0.25, 0.3) is 0 Å². The molecule has 1 heterocycles. The van der Waals surface area contributed by atoms with Gasteiger partial charge in [-0.05, 0) is 22.9 Å². The van der Waals surface area contributed by atoms with E-state index < -0.39 is 12.5 Å². The van der Waals surface area contributed by atoms with Gasteiger partial charge in [0.1, 0.15) is 6.04 Å². The Bertz CT molecular complexity index is 287. The predicted octanol–water partition coefficient (Wildman–Crippen LogP) is 1.93. The van der Waals surface area contributed by atoms with E-state index in [1.807, 2.05) is 6.92 Å². The van der Waals surface area contributed by atoms with Crippen molar-refractivity contribution >= 4 is 15.9 Å². The van der Waals surface area contributed by atoms with Crippen molar-refractivity contribution in [1.29, 1.82) is 0 Å². The van der Waals surface area contributed by atoms with Crippen molar-refractivity contribution < 1.29 is 8.78 Å². The third kappa shape index (κ3) is 2.05. The van der Waals surface area contributed by atoms with Crippen LogP contribution >= 0.6 is 15.9 Å². The summed E-state index contributed by atoms with van der Waals surface area (Å²) in [6.07, 6.45) is -1.10. The van der Waals surface area contributed by atoms with Crippen LogP contribution in [-0.4, -0.2) is 16.2 Å². The van der Waals surface area contributed by atoms with Crippen LogP contribution in [0.15, 0.2) is 10.7 Å². The van der Waals surface area contributed by atoms with E-state index in [4.69, 9.17) is 5.73 Å². The first-order valence-electron chi connectivity index (χ1n) is 3.82. The van der Waals surface area contributed by atoms with Crippen molar-refractivity contribution in [3.05, 3.63) is 16.4 Å². The van der Waals surface area contributed by atoms with Crippen LogP contribution in [0.2, 0.25) is 0 Å². The van der Waals surface area contributed by atoms with Crippen molar-refractivity contribution in [3.63, 3.8) is 0 Å². The molecule has 2 N–H and O–H groups in total. The summed E-state index contributed by atoms with van der Waals surface area (Å²) in [5, 5.41) is 3.89. The monoisotopic (exact) mass is 253 g/mol. The van der Waals surface area contributed by atoms with Crippen molar-refractivity contribution in [2.45, 2.75) is 25.9 Å². The zero-order valence-corrected chi connectivity index (χ0v) is 8.63. The fraction of sp³-hybridized carbons (Fsp3) is 0.571. The first-order valence-corrected chi connectivity index (χ1v) is 4.62. The second kappa shape index (κ2) is 4.15. The fourth-order valence-corrected chi connectivity index (χ4v) is 1.64. The van der Waals surface area contributed by atoms with E-state index in [9.17, 15) is 8.78 Å². The number of alkyl halides is 2. The highest BCUT2D eigenvalue weighted by Gasteiger charge is 2.23. The molecule has 3 nitrogen and oxygen atoms in total. The summed E-state index contributed by atoms with van der Waals surface area (Å²) in [5.74, 6) is 0. The quantitative estimate of drug-likeness (QED) is 0.895. The van der Waals surface area contributed by atoms with Crippen LogP contribution in [0.3, 0.4) is 0 Å². The minimum Gasteiger partial charge on any atom is -0.318 e. The molecule has 1 atom stereocenters. The lowest BCUT2D eigenvalue weighted by Crippen LogP contribution is -2.23. The molecule has 0 aromatic carbocycles. The van der Waals surface area contributed by atoms with Crippen LogP contribution in [0.1, 0.15) is 18.7 Å². The Morgan fingerprint density at radius 3 is 2.77 bits per heavy atom. The van der Waals surface area contributed by atoms with Crippen LogP contribution in [0.5, 0.6) is 0 Å². The van der Waals surface area contributed by atoms with Gasteiger partial charge in [-0.25, -0.2) is 8.78 Å². The van der Waals surface area contributed by atoms with E-state index >= 15 is 0 Å². The van der Waals surface area contributed by atoms with Crippen LogP contribution in [-0.2, 0) is 6.54 Å². The molecule has 0 radical (unpaired) electrons. The molecule has 1 unspecified atom stereocenters. The predicted molar refractivity (Wildman–Crippen MR) is 48.5 cm³/mol. The molecule has 13 heavy (non-hydrogen) atoms. The van der Waals surface area contributed by atoms with Crippen molar-refractivity contribution in [2.24, 2.45) is 5.73 Å². The number of aryl methyl sites for hydroxylation is 1. The van der Waals surface area contributed by atoms with E-state index in [0.29, 0.717) is 16.7 Å². The zero-order valence-electron chi connectivity index (χ0n) is 7.04. The second-order valence-electron chi connectivity index (χ2n) is 2.55. The molecule has 0 spiro atoms. The van der Waals surface area contributed by atoms with Gasteiger partial charge in [-0.15, -0.1) is 0 Å². The fourth-order valence-electron chi connectivity index (χ4n) is 1.07.